The molecule has 1 heterocycles. The van der Waals surface area contributed by atoms with E-state index in [2.05, 4.69) is 72.2 Å². The van der Waals surface area contributed by atoms with Crippen LogP contribution in [0, 0.1) is 19.3 Å². The second-order valence-electron chi connectivity index (χ2n) is 6.15. The highest BCUT2D eigenvalue weighted by Crippen LogP contribution is 2.44. The maximum Gasteiger partial charge on any atom is 0.194 e. The molecule has 22 heavy (non-hydrogen) atoms. The number of nitrogens with one attached hydrogen (secondary N) is 1. The molecule has 0 amide bonds. The smallest absolute Gasteiger partial charge is 0.194 e. The van der Waals surface area contributed by atoms with Gasteiger partial charge < -0.3 is 9.80 Å². The molecule has 3 rings (SSSR count). The van der Waals surface area contributed by atoms with Crippen molar-refractivity contribution in [3.63, 3.8) is 0 Å². The first-order valence-electron chi connectivity index (χ1n) is 7.67. The fourth-order valence-electron chi connectivity index (χ4n) is 3.53. The van der Waals surface area contributed by atoms with Crippen molar-refractivity contribution in [2.24, 2.45) is 0 Å². The normalized spacial score (nSPS) is 21.5. The third-order valence-electron chi connectivity index (χ3n) is 4.82. The molecule has 1 N–H and O–H groups in total. The minimum Gasteiger partial charge on any atom is -0.337 e. The van der Waals surface area contributed by atoms with Crippen LogP contribution in [0.1, 0.15) is 34.3 Å². The van der Waals surface area contributed by atoms with Crippen LogP contribution < -0.4 is 0 Å². The Kier molecular flexibility index (Phi) is 3.65. The number of hydrogen-bond acceptors (Lipinski definition) is 1. The van der Waals surface area contributed by atoms with Crippen LogP contribution in [-0.2, 0) is 0 Å². The average Bonchev–Trinajstić information content (AvgIpc) is 2.73. The highest BCUT2D eigenvalue weighted by Gasteiger charge is 2.42. The summed E-state index contributed by atoms with van der Waals surface area (Å²) >= 11 is 0. The molecule has 0 bridgehead atoms. The molecule has 1 saturated heterocycles. The average molecular weight is 293 g/mol. The molecule has 3 nitrogen and oxygen atoms in total. The zero-order valence-corrected chi connectivity index (χ0v) is 13.7. The standard InChI is InChI=1S/C19H23N3/c1-13-9-5-7-11-15(13)17-18(22(4)19(20)21(17)3)16-12-8-6-10-14(16)2/h5-12,17-18,20H,1-4H3/t17-,18-/m1/s1. The lowest BCUT2D eigenvalue weighted by molar-refractivity contribution is 0.315. The van der Waals surface area contributed by atoms with Crippen LogP contribution in [0.25, 0.3) is 0 Å². The highest BCUT2D eigenvalue weighted by atomic mass is 15.4. The van der Waals surface area contributed by atoms with Crippen molar-refractivity contribution in [2.45, 2.75) is 25.9 Å². The van der Waals surface area contributed by atoms with Gasteiger partial charge in [0.2, 0.25) is 0 Å². The lowest BCUT2D eigenvalue weighted by atomic mass is 9.89. The number of hydrogen-bond donors (Lipinski definition) is 1. The summed E-state index contributed by atoms with van der Waals surface area (Å²) in [5.41, 5.74) is 5.15. The van der Waals surface area contributed by atoms with E-state index in [1.807, 2.05) is 14.1 Å². The SMILES string of the molecule is Cc1ccccc1[C@@H]1[C@@H](c2ccccc2C)N(C)C(=N)N1C. The van der Waals surface area contributed by atoms with Gasteiger partial charge in [0.25, 0.3) is 0 Å². The number of guanidine groups is 1. The van der Waals surface area contributed by atoms with Gasteiger partial charge in [-0.25, -0.2) is 0 Å². The third kappa shape index (κ3) is 2.17. The zero-order valence-electron chi connectivity index (χ0n) is 13.7. The monoisotopic (exact) mass is 293 g/mol. The Labute approximate surface area is 132 Å². The lowest BCUT2D eigenvalue weighted by Crippen LogP contribution is -2.28. The van der Waals surface area contributed by atoms with Gasteiger partial charge in [-0.2, -0.15) is 0 Å². The van der Waals surface area contributed by atoms with Crippen molar-refractivity contribution in [3.05, 3.63) is 70.8 Å². The van der Waals surface area contributed by atoms with E-state index in [0.717, 1.165) is 0 Å². The molecule has 1 aliphatic heterocycles. The summed E-state index contributed by atoms with van der Waals surface area (Å²) in [6, 6.07) is 17.3. The molecule has 2 aromatic carbocycles. The first-order chi connectivity index (χ1) is 10.5. The van der Waals surface area contributed by atoms with Crippen LogP contribution in [0.4, 0.5) is 0 Å². The molecule has 0 aliphatic carbocycles. The summed E-state index contributed by atoms with van der Waals surface area (Å²) in [6.07, 6.45) is 0. The van der Waals surface area contributed by atoms with E-state index in [1.165, 1.54) is 22.3 Å². The molecule has 0 spiro atoms. The predicted octanol–water partition coefficient (Wildman–Crippen LogP) is 3.90. The van der Waals surface area contributed by atoms with Crippen LogP contribution >= 0.6 is 0 Å². The van der Waals surface area contributed by atoms with E-state index in [1.54, 1.807) is 0 Å². The summed E-state index contributed by atoms with van der Waals surface area (Å²) in [5, 5.41) is 8.41. The quantitative estimate of drug-likeness (QED) is 0.910. The summed E-state index contributed by atoms with van der Waals surface area (Å²) in [4.78, 5) is 4.17. The van der Waals surface area contributed by atoms with Gasteiger partial charge >= 0.3 is 0 Å². The molecule has 0 radical (unpaired) electrons. The van der Waals surface area contributed by atoms with Gasteiger partial charge in [-0.15, -0.1) is 0 Å². The molecule has 0 saturated carbocycles. The van der Waals surface area contributed by atoms with E-state index in [0.29, 0.717) is 5.96 Å². The second kappa shape index (κ2) is 5.48. The number of rotatable bonds is 2. The number of benzene rings is 2. The van der Waals surface area contributed by atoms with Crippen molar-refractivity contribution in [1.82, 2.24) is 9.80 Å². The van der Waals surface area contributed by atoms with E-state index >= 15 is 0 Å². The maximum atomic E-state index is 8.41. The molecular weight excluding hydrogens is 270 g/mol. The second-order valence-corrected chi connectivity index (χ2v) is 6.15. The van der Waals surface area contributed by atoms with Crippen molar-refractivity contribution in [1.29, 1.82) is 5.41 Å². The molecule has 0 aromatic heterocycles. The van der Waals surface area contributed by atoms with Gasteiger partial charge in [-0.05, 0) is 36.1 Å². The Hall–Kier alpha value is -2.29. The van der Waals surface area contributed by atoms with E-state index in [4.69, 9.17) is 5.41 Å². The zero-order chi connectivity index (χ0) is 15.9. The number of aryl methyl sites for hydroxylation is 2. The molecule has 2 aromatic rings. The van der Waals surface area contributed by atoms with Crippen molar-refractivity contribution < 1.29 is 0 Å². The molecule has 114 valence electrons. The Morgan fingerprint density at radius 3 is 1.45 bits per heavy atom. The van der Waals surface area contributed by atoms with Gasteiger partial charge in [0, 0.05) is 14.1 Å². The fraction of sp³-hybridized carbons (Fsp3) is 0.316. The Morgan fingerprint density at radius 1 is 0.727 bits per heavy atom. The molecule has 1 aliphatic rings. The van der Waals surface area contributed by atoms with Gasteiger partial charge in [0.15, 0.2) is 5.96 Å². The molecular formula is C19H23N3. The van der Waals surface area contributed by atoms with Gasteiger partial charge in [0.1, 0.15) is 0 Å². The summed E-state index contributed by atoms with van der Waals surface area (Å²) in [7, 11) is 4.04. The number of nitrogens with zero attached hydrogens (tertiary/aromatic N) is 2. The van der Waals surface area contributed by atoms with Crippen molar-refractivity contribution in [2.75, 3.05) is 14.1 Å². The van der Waals surface area contributed by atoms with Gasteiger partial charge in [-0.1, -0.05) is 48.5 Å². The van der Waals surface area contributed by atoms with Crippen LogP contribution in [0.2, 0.25) is 0 Å². The Balaban J connectivity index is 2.15. The maximum absolute atomic E-state index is 8.41. The van der Waals surface area contributed by atoms with E-state index < -0.39 is 0 Å². The molecule has 2 atom stereocenters. The lowest BCUT2D eigenvalue weighted by Gasteiger charge is -2.28. The first kappa shape index (κ1) is 14.6. The fourth-order valence-corrected chi connectivity index (χ4v) is 3.53. The highest BCUT2D eigenvalue weighted by molar-refractivity contribution is 5.80. The minimum absolute atomic E-state index is 0.166. The summed E-state index contributed by atoms with van der Waals surface area (Å²) in [5.74, 6) is 0.571. The van der Waals surface area contributed by atoms with Crippen molar-refractivity contribution in [3.8, 4) is 0 Å². The van der Waals surface area contributed by atoms with E-state index in [9.17, 15) is 0 Å². The molecule has 0 unspecified atom stereocenters. The van der Waals surface area contributed by atoms with Gasteiger partial charge in [0.05, 0.1) is 12.1 Å². The molecule has 1 fully saturated rings. The predicted molar refractivity (Wildman–Crippen MR) is 91.1 cm³/mol. The Bertz CT molecular complexity index is 648. The topological polar surface area (TPSA) is 30.3 Å². The Morgan fingerprint density at radius 2 is 1.09 bits per heavy atom. The van der Waals surface area contributed by atoms with Crippen LogP contribution in [0.3, 0.4) is 0 Å². The first-order valence-corrected chi connectivity index (χ1v) is 7.67. The van der Waals surface area contributed by atoms with E-state index in [-0.39, 0.29) is 12.1 Å². The van der Waals surface area contributed by atoms with Crippen LogP contribution in [0.5, 0.6) is 0 Å². The van der Waals surface area contributed by atoms with Crippen LogP contribution in [-0.4, -0.2) is 29.9 Å². The van der Waals surface area contributed by atoms with Crippen LogP contribution in [0.15, 0.2) is 48.5 Å². The minimum atomic E-state index is 0.166. The largest absolute Gasteiger partial charge is 0.337 e. The summed E-state index contributed by atoms with van der Waals surface area (Å²) in [6.45, 7) is 4.31. The number of likely N-dealkylation sites (N-methyl/N-ethyl adjacent to an activating group) is 2. The third-order valence-corrected chi connectivity index (χ3v) is 4.82. The summed E-state index contributed by atoms with van der Waals surface area (Å²) < 4.78 is 0. The van der Waals surface area contributed by atoms with Gasteiger partial charge in [-0.3, -0.25) is 5.41 Å². The van der Waals surface area contributed by atoms with Crippen molar-refractivity contribution >= 4 is 5.96 Å². The molecule has 3 heteroatoms.